The monoisotopic (exact) mass is 680 g/mol. The van der Waals surface area contributed by atoms with E-state index in [4.69, 9.17) is 15.0 Å². The number of hydrogen-bond donors (Lipinski definition) is 1. The molecule has 52 heavy (non-hydrogen) atoms. The van der Waals surface area contributed by atoms with Gasteiger partial charge in [0.05, 0.1) is 11.4 Å². The standard InChI is InChI=1S/C47H44N4O/c1-46(2,3)36-29-39(44(52)40(30-36)47(4,5)6)42-31-41(34-18-11-8-12-19-34)49-45(50-42)35-20-15-21-38(28-35)51(43-22-13-14-27-48-43)37-25-23-33(24-26-37)32-16-9-7-10-17-32/h7-31,52H,1-6H3. The first-order valence-corrected chi connectivity index (χ1v) is 17.8. The van der Waals surface area contributed by atoms with E-state index in [9.17, 15) is 5.11 Å². The van der Waals surface area contributed by atoms with Crippen molar-refractivity contribution in [2.24, 2.45) is 0 Å². The minimum absolute atomic E-state index is 0.136. The fourth-order valence-electron chi connectivity index (χ4n) is 6.42. The van der Waals surface area contributed by atoms with E-state index in [-0.39, 0.29) is 16.6 Å². The molecule has 0 bridgehead atoms. The molecule has 0 spiro atoms. The molecule has 2 heterocycles. The van der Waals surface area contributed by atoms with Crippen LogP contribution in [0.15, 0.2) is 152 Å². The van der Waals surface area contributed by atoms with Crippen molar-refractivity contribution < 1.29 is 5.11 Å². The second-order valence-electron chi connectivity index (χ2n) is 15.2. The number of hydrogen-bond acceptors (Lipinski definition) is 5. The summed E-state index contributed by atoms with van der Waals surface area (Å²) in [6, 6.07) is 49.5. The van der Waals surface area contributed by atoms with Gasteiger partial charge in [-0.1, -0.05) is 139 Å². The first-order chi connectivity index (χ1) is 25.0. The molecular weight excluding hydrogens is 637 g/mol. The Bertz CT molecular complexity index is 2310. The Morgan fingerprint density at radius 2 is 1.12 bits per heavy atom. The molecule has 0 amide bonds. The van der Waals surface area contributed by atoms with Crippen molar-refractivity contribution in [2.75, 3.05) is 4.90 Å². The summed E-state index contributed by atoms with van der Waals surface area (Å²) >= 11 is 0. The van der Waals surface area contributed by atoms with Gasteiger partial charge in [-0.15, -0.1) is 0 Å². The SMILES string of the molecule is CC(C)(C)c1cc(-c2cc(-c3ccccc3)nc(-c3cccc(N(c4ccc(-c5ccccc5)cc4)c4ccccn4)c3)n2)c(O)c(C(C)(C)C)c1. The Labute approximate surface area is 307 Å². The molecule has 0 atom stereocenters. The molecule has 5 aromatic carbocycles. The van der Waals surface area contributed by atoms with Crippen LogP contribution in [0.2, 0.25) is 0 Å². The van der Waals surface area contributed by atoms with Gasteiger partial charge in [0.2, 0.25) is 0 Å². The second-order valence-corrected chi connectivity index (χ2v) is 15.2. The maximum Gasteiger partial charge on any atom is 0.160 e. The van der Waals surface area contributed by atoms with E-state index in [1.165, 1.54) is 5.56 Å². The Balaban J connectivity index is 1.39. The van der Waals surface area contributed by atoms with E-state index in [1.54, 1.807) is 0 Å². The molecule has 7 rings (SSSR count). The number of phenolic OH excluding ortho intramolecular Hbond substituents is 1. The molecule has 0 aliphatic carbocycles. The molecule has 7 aromatic rings. The summed E-state index contributed by atoms with van der Waals surface area (Å²) in [6.07, 6.45) is 1.81. The van der Waals surface area contributed by atoms with Gasteiger partial charge in [-0.05, 0) is 76.1 Å². The summed E-state index contributed by atoms with van der Waals surface area (Å²) in [6.45, 7) is 13.0. The Morgan fingerprint density at radius 1 is 0.500 bits per heavy atom. The number of nitrogens with zero attached hydrogens (tertiary/aromatic N) is 4. The van der Waals surface area contributed by atoms with Crippen molar-refractivity contribution >= 4 is 17.2 Å². The average molecular weight is 681 g/mol. The van der Waals surface area contributed by atoms with Gasteiger partial charge in [0.25, 0.3) is 0 Å². The fourth-order valence-corrected chi connectivity index (χ4v) is 6.42. The summed E-state index contributed by atoms with van der Waals surface area (Å²) < 4.78 is 0. The van der Waals surface area contributed by atoms with Crippen LogP contribution in [0.5, 0.6) is 5.75 Å². The van der Waals surface area contributed by atoms with Gasteiger partial charge in [-0.2, -0.15) is 0 Å². The number of benzene rings is 5. The van der Waals surface area contributed by atoms with E-state index in [1.807, 2.05) is 66.9 Å². The largest absolute Gasteiger partial charge is 0.507 e. The van der Waals surface area contributed by atoms with Gasteiger partial charge >= 0.3 is 0 Å². The van der Waals surface area contributed by atoms with Gasteiger partial charge in [0.1, 0.15) is 11.6 Å². The molecule has 0 saturated heterocycles. The fraction of sp³-hybridized carbons (Fsp3) is 0.170. The molecule has 2 aromatic heterocycles. The Kier molecular flexibility index (Phi) is 9.20. The minimum Gasteiger partial charge on any atom is -0.507 e. The lowest BCUT2D eigenvalue weighted by molar-refractivity contribution is 0.446. The molecule has 0 unspecified atom stereocenters. The van der Waals surface area contributed by atoms with Crippen LogP contribution < -0.4 is 4.90 Å². The zero-order valence-electron chi connectivity index (χ0n) is 30.7. The van der Waals surface area contributed by atoms with Crippen LogP contribution in [0.4, 0.5) is 17.2 Å². The maximum atomic E-state index is 11.9. The van der Waals surface area contributed by atoms with Crippen LogP contribution in [0.3, 0.4) is 0 Å². The molecule has 0 aliphatic rings. The molecule has 258 valence electrons. The van der Waals surface area contributed by atoms with Crippen molar-refractivity contribution in [2.45, 2.75) is 52.4 Å². The predicted octanol–water partition coefficient (Wildman–Crippen LogP) is 12.3. The van der Waals surface area contributed by atoms with Gasteiger partial charge in [-0.3, -0.25) is 4.90 Å². The topological polar surface area (TPSA) is 62.1 Å². The van der Waals surface area contributed by atoms with Crippen LogP contribution in [0.1, 0.15) is 52.7 Å². The Morgan fingerprint density at radius 3 is 1.75 bits per heavy atom. The van der Waals surface area contributed by atoms with Crippen LogP contribution >= 0.6 is 0 Å². The van der Waals surface area contributed by atoms with Crippen molar-refractivity contribution in [3.8, 4) is 50.8 Å². The van der Waals surface area contributed by atoms with Gasteiger partial charge in [0, 0.05) is 39.8 Å². The number of aromatic nitrogens is 3. The molecule has 0 aliphatic heterocycles. The van der Waals surface area contributed by atoms with E-state index in [2.05, 4.69) is 131 Å². The second kappa shape index (κ2) is 13.9. The quantitative estimate of drug-likeness (QED) is 0.182. The van der Waals surface area contributed by atoms with Crippen molar-refractivity contribution in [1.29, 1.82) is 0 Å². The van der Waals surface area contributed by atoms with Crippen molar-refractivity contribution in [3.63, 3.8) is 0 Å². The summed E-state index contributed by atoms with van der Waals surface area (Å²) in [7, 11) is 0. The number of aromatic hydroxyl groups is 1. The zero-order valence-corrected chi connectivity index (χ0v) is 30.7. The molecular formula is C47H44N4O. The minimum atomic E-state index is -0.277. The van der Waals surface area contributed by atoms with Crippen molar-refractivity contribution in [3.05, 3.63) is 163 Å². The summed E-state index contributed by atoms with van der Waals surface area (Å²) in [5, 5.41) is 11.9. The van der Waals surface area contributed by atoms with E-state index in [0.717, 1.165) is 50.7 Å². The zero-order chi connectivity index (χ0) is 36.5. The van der Waals surface area contributed by atoms with Crippen LogP contribution in [0.25, 0.3) is 45.0 Å². The lowest BCUT2D eigenvalue weighted by Gasteiger charge is -2.27. The third kappa shape index (κ3) is 7.22. The highest BCUT2D eigenvalue weighted by Gasteiger charge is 2.27. The molecule has 0 radical (unpaired) electrons. The highest BCUT2D eigenvalue weighted by atomic mass is 16.3. The van der Waals surface area contributed by atoms with Crippen LogP contribution in [-0.4, -0.2) is 20.1 Å². The first kappa shape index (κ1) is 34.4. The summed E-state index contributed by atoms with van der Waals surface area (Å²) in [4.78, 5) is 17.2. The molecule has 0 fully saturated rings. The van der Waals surface area contributed by atoms with Gasteiger partial charge < -0.3 is 5.11 Å². The van der Waals surface area contributed by atoms with Crippen LogP contribution in [-0.2, 0) is 10.8 Å². The lowest BCUT2D eigenvalue weighted by atomic mass is 9.78. The third-order valence-corrected chi connectivity index (χ3v) is 9.33. The van der Waals surface area contributed by atoms with E-state index >= 15 is 0 Å². The van der Waals surface area contributed by atoms with Gasteiger partial charge in [-0.25, -0.2) is 15.0 Å². The highest BCUT2D eigenvalue weighted by Crippen LogP contribution is 2.43. The smallest absolute Gasteiger partial charge is 0.160 e. The van der Waals surface area contributed by atoms with E-state index in [0.29, 0.717) is 17.1 Å². The molecule has 5 nitrogen and oxygen atoms in total. The van der Waals surface area contributed by atoms with Crippen molar-refractivity contribution in [1.82, 2.24) is 15.0 Å². The summed E-state index contributed by atoms with van der Waals surface area (Å²) in [5.41, 5.74) is 9.79. The third-order valence-electron chi connectivity index (χ3n) is 9.33. The normalized spacial score (nSPS) is 11.7. The van der Waals surface area contributed by atoms with Gasteiger partial charge in [0.15, 0.2) is 5.82 Å². The average Bonchev–Trinajstić information content (AvgIpc) is 3.15. The maximum absolute atomic E-state index is 11.9. The molecule has 5 heteroatoms. The first-order valence-electron chi connectivity index (χ1n) is 17.8. The number of pyridine rings is 1. The summed E-state index contributed by atoms with van der Waals surface area (Å²) in [5.74, 6) is 1.61. The molecule has 1 N–H and O–H groups in total. The molecule has 0 saturated carbocycles. The van der Waals surface area contributed by atoms with E-state index < -0.39 is 0 Å². The predicted molar refractivity (Wildman–Crippen MR) is 215 cm³/mol. The number of phenols is 1. The number of anilines is 3. The number of rotatable bonds is 7. The highest BCUT2D eigenvalue weighted by molar-refractivity contribution is 5.81. The Hall–Kier alpha value is -6.07. The van der Waals surface area contributed by atoms with Crippen LogP contribution in [0, 0.1) is 0 Å². The lowest BCUT2D eigenvalue weighted by Crippen LogP contribution is -2.17.